The van der Waals surface area contributed by atoms with Crippen molar-refractivity contribution in [3.8, 4) is 10.6 Å². The molecule has 2 heterocycles. The van der Waals surface area contributed by atoms with Crippen molar-refractivity contribution >= 4 is 17.2 Å². The van der Waals surface area contributed by atoms with E-state index in [2.05, 4.69) is 60.3 Å². The van der Waals surface area contributed by atoms with Crippen LogP contribution in [-0.2, 0) is 0 Å². The summed E-state index contributed by atoms with van der Waals surface area (Å²) in [6.45, 7) is 8.22. The maximum atomic E-state index is 4.73. The van der Waals surface area contributed by atoms with Crippen LogP contribution in [0.1, 0.15) is 34.8 Å². The second kappa shape index (κ2) is 6.46. The number of aryl methyl sites for hydroxylation is 3. The van der Waals surface area contributed by atoms with Gasteiger partial charge in [0.05, 0.1) is 23.6 Å². The number of rotatable bonds is 4. The first-order valence-electron chi connectivity index (χ1n) is 7.62. The Balaban J connectivity index is 1.84. The summed E-state index contributed by atoms with van der Waals surface area (Å²) >= 11 is 1.73. The predicted octanol–water partition coefficient (Wildman–Crippen LogP) is 4.70. The van der Waals surface area contributed by atoms with Crippen molar-refractivity contribution in [2.24, 2.45) is 0 Å². The molecule has 23 heavy (non-hydrogen) atoms. The quantitative estimate of drug-likeness (QED) is 0.756. The van der Waals surface area contributed by atoms with Crippen LogP contribution in [0.2, 0.25) is 0 Å². The molecule has 118 valence electrons. The van der Waals surface area contributed by atoms with Crippen LogP contribution in [0.15, 0.2) is 36.7 Å². The van der Waals surface area contributed by atoms with Gasteiger partial charge < -0.3 is 5.32 Å². The molecular weight excluding hydrogens is 304 g/mol. The average molecular weight is 324 g/mol. The van der Waals surface area contributed by atoms with Crippen molar-refractivity contribution in [3.05, 3.63) is 58.5 Å². The average Bonchev–Trinajstić information content (AvgIpc) is 2.90. The summed E-state index contributed by atoms with van der Waals surface area (Å²) in [5, 5.41) is 4.47. The highest BCUT2D eigenvalue weighted by Gasteiger charge is 2.15. The smallest absolute Gasteiger partial charge is 0.145 e. The maximum Gasteiger partial charge on any atom is 0.145 e. The number of anilines is 1. The zero-order chi connectivity index (χ0) is 16.4. The summed E-state index contributed by atoms with van der Waals surface area (Å²) in [7, 11) is 0. The fourth-order valence-corrected chi connectivity index (χ4v) is 3.52. The van der Waals surface area contributed by atoms with Gasteiger partial charge >= 0.3 is 0 Å². The number of hydrogen-bond acceptors (Lipinski definition) is 5. The first-order chi connectivity index (χ1) is 11.0. The fourth-order valence-electron chi connectivity index (χ4n) is 2.45. The van der Waals surface area contributed by atoms with Crippen molar-refractivity contribution in [2.45, 2.75) is 33.7 Å². The molecule has 3 rings (SSSR count). The van der Waals surface area contributed by atoms with Crippen molar-refractivity contribution in [1.29, 1.82) is 0 Å². The van der Waals surface area contributed by atoms with Crippen LogP contribution in [0.5, 0.6) is 0 Å². The largest absolute Gasteiger partial charge is 0.361 e. The summed E-state index contributed by atoms with van der Waals surface area (Å²) in [6, 6.07) is 8.64. The predicted molar refractivity (Wildman–Crippen MR) is 95.8 cm³/mol. The third-order valence-corrected chi connectivity index (χ3v) is 5.03. The number of hydrogen-bond donors (Lipinski definition) is 1. The molecule has 5 heteroatoms. The number of thiazole rings is 1. The van der Waals surface area contributed by atoms with Crippen molar-refractivity contribution < 1.29 is 0 Å². The monoisotopic (exact) mass is 324 g/mol. The van der Waals surface area contributed by atoms with Gasteiger partial charge in [0, 0.05) is 16.6 Å². The van der Waals surface area contributed by atoms with Crippen molar-refractivity contribution in [1.82, 2.24) is 15.0 Å². The first kappa shape index (κ1) is 15.6. The van der Waals surface area contributed by atoms with E-state index < -0.39 is 0 Å². The van der Waals surface area contributed by atoms with Crippen molar-refractivity contribution in [3.63, 3.8) is 0 Å². The molecule has 4 nitrogen and oxygen atoms in total. The van der Waals surface area contributed by atoms with Crippen LogP contribution in [0.3, 0.4) is 0 Å². The third kappa shape index (κ3) is 3.56. The van der Waals surface area contributed by atoms with E-state index in [-0.39, 0.29) is 6.04 Å². The molecule has 3 aromatic rings. The summed E-state index contributed by atoms with van der Waals surface area (Å²) in [4.78, 5) is 14.6. The highest BCUT2D eigenvalue weighted by molar-refractivity contribution is 7.15. The van der Waals surface area contributed by atoms with E-state index >= 15 is 0 Å². The van der Waals surface area contributed by atoms with Gasteiger partial charge in [-0.15, -0.1) is 11.3 Å². The number of nitrogens with one attached hydrogen (secondary N) is 1. The first-order valence-corrected chi connectivity index (χ1v) is 8.44. The van der Waals surface area contributed by atoms with Gasteiger partial charge in [-0.1, -0.05) is 29.8 Å². The molecule has 0 fully saturated rings. The number of benzene rings is 1. The Morgan fingerprint density at radius 3 is 2.43 bits per heavy atom. The van der Waals surface area contributed by atoms with Gasteiger partial charge in [0.2, 0.25) is 0 Å². The van der Waals surface area contributed by atoms with Gasteiger partial charge in [-0.2, -0.15) is 0 Å². The van der Waals surface area contributed by atoms with Gasteiger partial charge in [0.1, 0.15) is 10.8 Å². The summed E-state index contributed by atoms with van der Waals surface area (Å²) in [6.07, 6.45) is 3.50. The van der Waals surface area contributed by atoms with Gasteiger partial charge in [0.25, 0.3) is 0 Å². The molecule has 0 aliphatic heterocycles. The highest BCUT2D eigenvalue weighted by Crippen LogP contribution is 2.33. The Kier molecular flexibility index (Phi) is 4.39. The van der Waals surface area contributed by atoms with Crippen molar-refractivity contribution in [2.75, 3.05) is 5.32 Å². The Bertz CT molecular complexity index is 808. The summed E-state index contributed by atoms with van der Waals surface area (Å²) in [5.74, 6) is 0.794. The fraction of sp³-hybridized carbons (Fsp3) is 0.278. The molecule has 1 atom stereocenters. The minimum atomic E-state index is 0.141. The van der Waals surface area contributed by atoms with E-state index in [0.717, 1.165) is 27.8 Å². The second-order valence-corrected chi connectivity index (χ2v) is 6.78. The molecule has 1 aromatic carbocycles. The molecule has 0 bridgehead atoms. The minimum Gasteiger partial charge on any atom is -0.361 e. The lowest BCUT2D eigenvalue weighted by atomic mass is 10.2. The zero-order valence-corrected chi connectivity index (χ0v) is 14.6. The summed E-state index contributed by atoms with van der Waals surface area (Å²) < 4.78 is 0. The molecular formula is C18H20N4S. The Labute approximate surface area is 140 Å². The van der Waals surface area contributed by atoms with Gasteiger partial charge in [-0.3, -0.25) is 4.98 Å². The summed E-state index contributed by atoms with van der Waals surface area (Å²) in [5.41, 5.74) is 4.39. The van der Waals surface area contributed by atoms with Crippen LogP contribution < -0.4 is 5.32 Å². The van der Waals surface area contributed by atoms with Gasteiger partial charge in [0.15, 0.2) is 0 Å². The lowest BCUT2D eigenvalue weighted by Crippen LogP contribution is -2.08. The SMILES string of the molecule is Cc1ccc(-c2nc(C)c(C(C)Nc3cncc(C)n3)s2)cc1. The van der Waals surface area contributed by atoms with E-state index in [0.29, 0.717) is 0 Å². The molecule has 0 amide bonds. The normalized spacial score (nSPS) is 12.2. The van der Waals surface area contributed by atoms with Crippen LogP contribution in [0.25, 0.3) is 10.6 Å². The Morgan fingerprint density at radius 2 is 1.74 bits per heavy atom. The van der Waals surface area contributed by atoms with E-state index in [4.69, 9.17) is 4.98 Å². The van der Waals surface area contributed by atoms with Crippen LogP contribution >= 0.6 is 11.3 Å². The number of nitrogens with zero attached hydrogens (tertiary/aromatic N) is 3. The standard InChI is InChI=1S/C18H20N4S/c1-11-5-7-15(8-6-11)18-22-14(4)17(23-18)13(3)21-16-10-19-9-12(2)20-16/h5-10,13H,1-4H3,(H,20,21). The van der Waals surface area contributed by atoms with E-state index in [1.54, 1.807) is 23.7 Å². The molecule has 0 saturated heterocycles. The lowest BCUT2D eigenvalue weighted by Gasteiger charge is -2.13. The molecule has 0 spiro atoms. The van der Waals surface area contributed by atoms with Crippen LogP contribution in [0, 0.1) is 20.8 Å². The highest BCUT2D eigenvalue weighted by atomic mass is 32.1. The molecule has 1 unspecified atom stereocenters. The van der Waals surface area contributed by atoms with Gasteiger partial charge in [-0.25, -0.2) is 9.97 Å². The zero-order valence-electron chi connectivity index (χ0n) is 13.8. The molecule has 0 aliphatic rings. The second-order valence-electron chi connectivity index (χ2n) is 5.75. The van der Waals surface area contributed by atoms with Crippen LogP contribution in [0.4, 0.5) is 5.82 Å². The van der Waals surface area contributed by atoms with Crippen LogP contribution in [-0.4, -0.2) is 15.0 Å². The minimum absolute atomic E-state index is 0.141. The lowest BCUT2D eigenvalue weighted by molar-refractivity contribution is 0.874. The maximum absolute atomic E-state index is 4.73. The van der Waals surface area contributed by atoms with Gasteiger partial charge in [-0.05, 0) is 27.7 Å². The molecule has 2 aromatic heterocycles. The van der Waals surface area contributed by atoms with E-state index in [1.807, 2.05) is 6.92 Å². The molecule has 0 radical (unpaired) electrons. The molecule has 0 aliphatic carbocycles. The topological polar surface area (TPSA) is 50.7 Å². The third-order valence-electron chi connectivity index (χ3n) is 3.64. The molecule has 1 N–H and O–H groups in total. The Hall–Kier alpha value is -2.27. The Morgan fingerprint density at radius 1 is 1.00 bits per heavy atom. The van der Waals surface area contributed by atoms with E-state index in [1.165, 1.54) is 10.4 Å². The molecule has 0 saturated carbocycles. The van der Waals surface area contributed by atoms with E-state index in [9.17, 15) is 0 Å². The number of aromatic nitrogens is 3.